The summed E-state index contributed by atoms with van der Waals surface area (Å²) in [6, 6.07) is 0. The molecule has 0 fully saturated rings. The smallest absolute Gasteiger partial charge is 0.234 e. The number of hydrogen-bond donors (Lipinski definition) is 2. The van der Waals surface area contributed by atoms with Crippen LogP contribution in [0.4, 0.5) is 0 Å². The van der Waals surface area contributed by atoms with E-state index in [0.29, 0.717) is 6.42 Å². The maximum atomic E-state index is 11.6. The summed E-state index contributed by atoms with van der Waals surface area (Å²) in [5.74, 6) is -0.421. The van der Waals surface area contributed by atoms with Crippen LogP contribution in [0.25, 0.3) is 0 Å². The van der Waals surface area contributed by atoms with Crippen molar-refractivity contribution in [1.29, 1.82) is 0 Å². The van der Waals surface area contributed by atoms with Crippen molar-refractivity contribution in [1.82, 2.24) is 5.32 Å². The minimum Gasteiger partial charge on any atom is -0.369 e. The molecule has 15 heavy (non-hydrogen) atoms. The summed E-state index contributed by atoms with van der Waals surface area (Å²) in [4.78, 5) is 11.6. The molecular formula is C9H12Cl3NO2. The Hall–Kier alpha value is 0.0400. The van der Waals surface area contributed by atoms with Crippen molar-refractivity contribution in [2.45, 2.75) is 29.3 Å². The fraction of sp³-hybridized carbons (Fsp3) is 0.667. The lowest BCUT2D eigenvalue weighted by molar-refractivity contribution is -0.128. The third-order valence-corrected chi connectivity index (χ3v) is 2.85. The monoisotopic (exact) mass is 271 g/mol. The number of amides is 1. The molecule has 3 nitrogen and oxygen atoms in total. The van der Waals surface area contributed by atoms with Crippen LogP contribution in [0.1, 0.15) is 19.3 Å². The second-order valence-corrected chi connectivity index (χ2v) is 5.80. The number of aliphatic hydroxyl groups is 1. The van der Waals surface area contributed by atoms with E-state index in [9.17, 15) is 9.90 Å². The Morgan fingerprint density at radius 2 is 2.13 bits per heavy atom. The number of rotatable bonds is 2. The van der Waals surface area contributed by atoms with Crippen LogP contribution in [-0.2, 0) is 4.79 Å². The molecule has 0 aromatic heterocycles. The minimum atomic E-state index is -1.89. The van der Waals surface area contributed by atoms with Crippen molar-refractivity contribution in [2.24, 2.45) is 5.92 Å². The molecule has 2 atom stereocenters. The zero-order chi connectivity index (χ0) is 11.5. The van der Waals surface area contributed by atoms with Gasteiger partial charge in [-0.1, -0.05) is 47.0 Å². The highest BCUT2D eigenvalue weighted by molar-refractivity contribution is 6.68. The van der Waals surface area contributed by atoms with Gasteiger partial charge in [0.1, 0.15) is 0 Å². The van der Waals surface area contributed by atoms with Crippen molar-refractivity contribution in [3.05, 3.63) is 12.2 Å². The number of hydrogen-bond acceptors (Lipinski definition) is 2. The third kappa shape index (κ3) is 4.19. The Balaban J connectivity index is 2.45. The van der Waals surface area contributed by atoms with Crippen molar-refractivity contribution >= 4 is 40.7 Å². The number of halogens is 3. The Morgan fingerprint density at radius 1 is 1.47 bits per heavy atom. The molecule has 1 aliphatic carbocycles. The molecule has 0 heterocycles. The number of aliphatic hydroxyl groups excluding tert-OH is 1. The van der Waals surface area contributed by atoms with Gasteiger partial charge in [0, 0.05) is 5.92 Å². The topological polar surface area (TPSA) is 49.3 Å². The van der Waals surface area contributed by atoms with E-state index in [4.69, 9.17) is 34.8 Å². The number of nitrogens with one attached hydrogen (secondary N) is 1. The molecule has 6 heteroatoms. The Kier molecular flexibility index (Phi) is 4.71. The lowest BCUT2D eigenvalue weighted by Crippen LogP contribution is -2.46. The normalized spacial score (nSPS) is 23.6. The van der Waals surface area contributed by atoms with Gasteiger partial charge in [0.15, 0.2) is 6.23 Å². The highest BCUT2D eigenvalue weighted by atomic mass is 35.6. The second-order valence-electron chi connectivity index (χ2n) is 3.43. The Labute approximate surface area is 103 Å². The molecule has 2 N–H and O–H groups in total. The summed E-state index contributed by atoms with van der Waals surface area (Å²) in [6.45, 7) is 0. The van der Waals surface area contributed by atoms with Crippen LogP contribution in [0, 0.1) is 5.92 Å². The SMILES string of the molecule is O=C(N[C@H](O)C(Cl)(Cl)Cl)[C@H]1CC=CCC1. The largest absolute Gasteiger partial charge is 0.369 e. The van der Waals surface area contributed by atoms with Gasteiger partial charge in [0.05, 0.1) is 0 Å². The molecule has 1 aliphatic rings. The molecule has 0 saturated heterocycles. The fourth-order valence-electron chi connectivity index (χ4n) is 1.37. The molecule has 0 saturated carbocycles. The number of carbonyl (C=O) groups is 1. The standard InChI is InChI=1S/C9H12Cl3NO2/c10-9(11,12)8(15)13-7(14)6-4-2-1-3-5-6/h1-2,6,8,15H,3-5H2,(H,13,14)/t6-,8+/m0/s1. The number of allylic oxidation sites excluding steroid dienone is 2. The zero-order valence-corrected chi connectivity index (χ0v) is 10.2. The summed E-state index contributed by atoms with van der Waals surface area (Å²) in [6.07, 6.45) is 4.78. The van der Waals surface area contributed by atoms with Crippen LogP contribution >= 0.6 is 34.8 Å². The van der Waals surface area contributed by atoms with E-state index in [1.807, 2.05) is 12.2 Å². The van der Waals surface area contributed by atoms with E-state index >= 15 is 0 Å². The van der Waals surface area contributed by atoms with Gasteiger partial charge in [-0.3, -0.25) is 4.79 Å². The van der Waals surface area contributed by atoms with E-state index in [1.54, 1.807) is 0 Å². The number of carbonyl (C=O) groups excluding carboxylic acids is 1. The van der Waals surface area contributed by atoms with Gasteiger partial charge < -0.3 is 10.4 Å². The summed E-state index contributed by atoms with van der Waals surface area (Å²) >= 11 is 16.3. The lowest BCUT2D eigenvalue weighted by Gasteiger charge is -2.23. The molecule has 0 spiro atoms. The third-order valence-electron chi connectivity index (χ3n) is 2.23. The van der Waals surface area contributed by atoms with E-state index in [-0.39, 0.29) is 11.8 Å². The van der Waals surface area contributed by atoms with Gasteiger partial charge >= 0.3 is 0 Å². The van der Waals surface area contributed by atoms with E-state index in [1.165, 1.54) is 0 Å². The first-order chi connectivity index (χ1) is 6.91. The highest BCUT2D eigenvalue weighted by Crippen LogP contribution is 2.29. The summed E-state index contributed by atoms with van der Waals surface area (Å²) in [7, 11) is 0. The molecule has 0 bridgehead atoms. The van der Waals surface area contributed by atoms with Crippen LogP contribution < -0.4 is 5.32 Å². The lowest BCUT2D eigenvalue weighted by atomic mass is 9.94. The summed E-state index contributed by atoms with van der Waals surface area (Å²) < 4.78 is -1.89. The van der Waals surface area contributed by atoms with Gasteiger partial charge in [0.2, 0.25) is 9.70 Å². The first kappa shape index (κ1) is 13.1. The fourth-order valence-corrected chi connectivity index (χ4v) is 1.53. The maximum Gasteiger partial charge on any atom is 0.234 e. The van der Waals surface area contributed by atoms with Crippen LogP contribution in [0.5, 0.6) is 0 Å². The molecule has 0 unspecified atom stereocenters. The predicted molar refractivity (Wildman–Crippen MR) is 60.9 cm³/mol. The van der Waals surface area contributed by atoms with Crippen LogP contribution in [0.2, 0.25) is 0 Å². The first-order valence-corrected chi connectivity index (χ1v) is 5.75. The van der Waals surface area contributed by atoms with Crippen molar-refractivity contribution in [2.75, 3.05) is 0 Å². The summed E-state index contributed by atoms with van der Waals surface area (Å²) in [5, 5.41) is 11.6. The van der Waals surface area contributed by atoms with Crippen LogP contribution in [-0.4, -0.2) is 21.0 Å². The molecule has 0 aromatic carbocycles. The summed E-state index contributed by atoms with van der Waals surface area (Å²) in [5.41, 5.74) is 0. The average molecular weight is 273 g/mol. The van der Waals surface area contributed by atoms with E-state index in [0.717, 1.165) is 12.8 Å². The zero-order valence-electron chi connectivity index (χ0n) is 7.92. The van der Waals surface area contributed by atoms with Crippen molar-refractivity contribution in [3.8, 4) is 0 Å². The average Bonchev–Trinajstić information content (AvgIpc) is 2.17. The molecule has 0 aromatic rings. The van der Waals surface area contributed by atoms with Gasteiger partial charge in [-0.25, -0.2) is 0 Å². The Morgan fingerprint density at radius 3 is 2.60 bits per heavy atom. The van der Waals surface area contributed by atoms with Crippen molar-refractivity contribution in [3.63, 3.8) is 0 Å². The Bertz CT molecular complexity index is 263. The maximum absolute atomic E-state index is 11.6. The molecule has 0 aliphatic heterocycles. The quantitative estimate of drug-likeness (QED) is 0.460. The van der Waals surface area contributed by atoms with Gasteiger partial charge in [-0.15, -0.1) is 0 Å². The molecule has 0 radical (unpaired) electrons. The predicted octanol–water partition coefficient (Wildman–Crippen LogP) is 2.15. The van der Waals surface area contributed by atoms with Gasteiger partial charge in [0.25, 0.3) is 0 Å². The van der Waals surface area contributed by atoms with Gasteiger partial charge in [-0.05, 0) is 19.3 Å². The van der Waals surface area contributed by atoms with Crippen molar-refractivity contribution < 1.29 is 9.90 Å². The molecule has 1 rings (SSSR count). The van der Waals surface area contributed by atoms with E-state index in [2.05, 4.69) is 5.32 Å². The highest BCUT2D eigenvalue weighted by Gasteiger charge is 2.33. The van der Waals surface area contributed by atoms with Crippen LogP contribution in [0.15, 0.2) is 12.2 Å². The number of alkyl halides is 3. The minimum absolute atomic E-state index is 0.142. The van der Waals surface area contributed by atoms with Gasteiger partial charge in [-0.2, -0.15) is 0 Å². The van der Waals surface area contributed by atoms with Crippen LogP contribution in [0.3, 0.4) is 0 Å². The molecule has 1 amide bonds. The second kappa shape index (κ2) is 5.39. The molecular weight excluding hydrogens is 260 g/mol. The van der Waals surface area contributed by atoms with E-state index < -0.39 is 10.0 Å². The molecule has 86 valence electrons. The first-order valence-electron chi connectivity index (χ1n) is 4.61.